The summed E-state index contributed by atoms with van der Waals surface area (Å²) in [4.78, 5) is 23.2. The van der Waals surface area contributed by atoms with Gasteiger partial charge in [-0.1, -0.05) is 29.3 Å². The molecule has 1 aliphatic heterocycles. The molecular weight excluding hydrogens is 473 g/mol. The van der Waals surface area contributed by atoms with E-state index in [4.69, 9.17) is 23.2 Å². The van der Waals surface area contributed by atoms with Crippen molar-refractivity contribution in [1.29, 1.82) is 0 Å². The number of amides is 1. The Morgan fingerprint density at radius 1 is 0.969 bits per heavy atom. The molecule has 2 N–H and O–H groups in total. The number of nitrogens with one attached hydrogen (secondary N) is 2. The number of anilines is 4. The monoisotopic (exact) mass is 491 g/mol. The van der Waals surface area contributed by atoms with Crippen molar-refractivity contribution in [3.8, 4) is 0 Å². The lowest BCUT2D eigenvalue weighted by Gasteiger charge is -2.28. The van der Waals surface area contributed by atoms with Gasteiger partial charge in [-0.15, -0.1) is 0 Å². The zero-order chi connectivity index (χ0) is 22.7. The number of nitrogens with zero attached hydrogens (tertiary/aromatic N) is 3. The van der Waals surface area contributed by atoms with Crippen LogP contribution in [0.5, 0.6) is 0 Å². The van der Waals surface area contributed by atoms with Crippen LogP contribution in [-0.4, -0.2) is 48.9 Å². The number of aromatic nitrogens is 2. The van der Waals surface area contributed by atoms with Crippen LogP contribution in [0.25, 0.3) is 0 Å². The Bertz CT molecular complexity index is 1220. The van der Waals surface area contributed by atoms with Crippen LogP contribution >= 0.6 is 23.2 Å². The summed E-state index contributed by atoms with van der Waals surface area (Å²) in [5.41, 5.74) is 1.57. The molecule has 0 spiro atoms. The number of carbonyl (C=O) groups excluding carboxylic acids is 1. The van der Waals surface area contributed by atoms with Gasteiger partial charge in [0.15, 0.2) is 9.84 Å². The first-order valence-electron chi connectivity index (χ1n) is 9.71. The van der Waals surface area contributed by atoms with Crippen LogP contribution in [0.1, 0.15) is 10.4 Å². The Balaban J connectivity index is 1.42. The van der Waals surface area contributed by atoms with Crippen molar-refractivity contribution < 1.29 is 13.2 Å². The van der Waals surface area contributed by atoms with Crippen LogP contribution in [0, 0.1) is 0 Å². The molecule has 1 fully saturated rings. The van der Waals surface area contributed by atoms with Crippen LogP contribution in [0.3, 0.4) is 0 Å². The molecule has 3 heterocycles. The summed E-state index contributed by atoms with van der Waals surface area (Å²) in [5, 5.41) is 6.37. The van der Waals surface area contributed by atoms with Crippen molar-refractivity contribution in [3.05, 3.63) is 70.5 Å². The molecule has 32 heavy (non-hydrogen) atoms. The van der Waals surface area contributed by atoms with Gasteiger partial charge in [0, 0.05) is 31.0 Å². The highest BCUT2D eigenvalue weighted by Gasteiger charge is 2.22. The molecule has 1 aromatic carbocycles. The van der Waals surface area contributed by atoms with E-state index < -0.39 is 15.7 Å². The maximum Gasteiger partial charge on any atom is 0.258 e. The smallest absolute Gasteiger partial charge is 0.258 e. The third-order valence-corrected chi connectivity index (χ3v) is 7.16. The molecule has 8 nitrogen and oxygen atoms in total. The van der Waals surface area contributed by atoms with Crippen LogP contribution in [-0.2, 0) is 9.84 Å². The van der Waals surface area contributed by atoms with Gasteiger partial charge in [-0.3, -0.25) is 4.79 Å². The third-order valence-electron chi connectivity index (χ3n) is 4.92. The summed E-state index contributed by atoms with van der Waals surface area (Å²) in [6.45, 7) is 0.908. The number of hydrogen-bond donors (Lipinski definition) is 2. The summed E-state index contributed by atoms with van der Waals surface area (Å²) >= 11 is 12.2. The highest BCUT2D eigenvalue weighted by Crippen LogP contribution is 2.26. The van der Waals surface area contributed by atoms with Gasteiger partial charge >= 0.3 is 0 Å². The summed E-state index contributed by atoms with van der Waals surface area (Å²) in [6.07, 6.45) is 3.24. The molecule has 1 saturated heterocycles. The predicted octanol–water partition coefficient (Wildman–Crippen LogP) is 4.01. The maximum atomic E-state index is 12.6. The molecule has 166 valence electrons. The number of carbonyl (C=O) groups is 1. The topological polar surface area (TPSA) is 104 Å². The zero-order valence-electron chi connectivity index (χ0n) is 16.8. The van der Waals surface area contributed by atoms with Crippen LogP contribution in [0.15, 0.2) is 54.9 Å². The lowest BCUT2D eigenvalue weighted by Crippen LogP contribution is -2.40. The molecule has 0 saturated carbocycles. The SMILES string of the molecule is O=C(Nc1ccnc(Nc2ccc(N3CCS(=O)(=O)CC3)cn2)c1)c1c(Cl)cccc1Cl. The van der Waals surface area contributed by atoms with Gasteiger partial charge in [-0.05, 0) is 30.3 Å². The van der Waals surface area contributed by atoms with Gasteiger partial charge < -0.3 is 15.5 Å². The molecule has 11 heteroatoms. The van der Waals surface area contributed by atoms with E-state index in [9.17, 15) is 13.2 Å². The van der Waals surface area contributed by atoms with Crippen LogP contribution < -0.4 is 15.5 Å². The molecule has 1 amide bonds. The normalized spacial score (nSPS) is 15.2. The van der Waals surface area contributed by atoms with E-state index in [1.807, 2.05) is 11.0 Å². The van der Waals surface area contributed by atoms with Crippen molar-refractivity contribution in [2.45, 2.75) is 0 Å². The number of benzene rings is 1. The number of rotatable bonds is 5. The highest BCUT2D eigenvalue weighted by molar-refractivity contribution is 7.91. The lowest BCUT2D eigenvalue weighted by atomic mass is 10.2. The minimum Gasteiger partial charge on any atom is -0.368 e. The second kappa shape index (κ2) is 9.32. The third kappa shape index (κ3) is 5.29. The van der Waals surface area contributed by atoms with E-state index in [0.717, 1.165) is 5.69 Å². The number of pyridine rings is 2. The number of hydrogen-bond acceptors (Lipinski definition) is 7. The van der Waals surface area contributed by atoms with E-state index in [1.165, 1.54) is 0 Å². The van der Waals surface area contributed by atoms with Gasteiger partial charge in [-0.2, -0.15) is 0 Å². The minimum absolute atomic E-state index is 0.148. The van der Waals surface area contributed by atoms with Crippen molar-refractivity contribution in [2.75, 3.05) is 40.1 Å². The summed E-state index contributed by atoms with van der Waals surface area (Å²) in [7, 11) is -2.94. The molecule has 3 aromatic rings. The number of sulfone groups is 1. The van der Waals surface area contributed by atoms with E-state index in [-0.39, 0.29) is 27.1 Å². The second-order valence-electron chi connectivity index (χ2n) is 7.15. The average Bonchev–Trinajstić information content (AvgIpc) is 2.75. The molecule has 1 aliphatic rings. The van der Waals surface area contributed by atoms with Crippen molar-refractivity contribution in [3.63, 3.8) is 0 Å². The van der Waals surface area contributed by atoms with Crippen molar-refractivity contribution in [1.82, 2.24) is 9.97 Å². The van der Waals surface area contributed by atoms with Gasteiger partial charge in [0.25, 0.3) is 5.91 Å². The fourth-order valence-electron chi connectivity index (χ4n) is 3.23. The van der Waals surface area contributed by atoms with E-state index >= 15 is 0 Å². The van der Waals surface area contributed by atoms with Crippen LogP contribution in [0.2, 0.25) is 10.0 Å². The first-order chi connectivity index (χ1) is 15.3. The highest BCUT2D eigenvalue weighted by atomic mass is 35.5. The molecule has 4 rings (SSSR count). The standard InChI is InChI=1S/C21H19Cl2N5O3S/c22-16-2-1-3-17(23)20(16)21(29)26-14-6-7-24-19(12-14)27-18-5-4-15(13-25-18)28-8-10-32(30,31)11-9-28/h1-7,12-13H,8-11H2,(H2,24,25,26,27,29). The average molecular weight is 492 g/mol. The fourth-order valence-corrected chi connectivity index (χ4v) is 5.00. The Morgan fingerprint density at radius 3 is 2.34 bits per heavy atom. The Hall–Kier alpha value is -2.88. The molecule has 2 aromatic heterocycles. The van der Waals surface area contributed by atoms with Gasteiger partial charge in [-0.25, -0.2) is 18.4 Å². The molecular formula is C21H19Cl2N5O3S. The van der Waals surface area contributed by atoms with E-state index in [1.54, 1.807) is 48.8 Å². The second-order valence-corrected chi connectivity index (χ2v) is 10.3. The number of halogens is 2. The van der Waals surface area contributed by atoms with Gasteiger partial charge in [0.2, 0.25) is 0 Å². The summed E-state index contributed by atoms with van der Waals surface area (Å²) < 4.78 is 23.2. The molecule has 0 atom stereocenters. The summed E-state index contributed by atoms with van der Waals surface area (Å²) in [5.74, 6) is 0.911. The maximum absolute atomic E-state index is 12.6. The largest absolute Gasteiger partial charge is 0.368 e. The molecule has 0 bridgehead atoms. The van der Waals surface area contributed by atoms with Crippen molar-refractivity contribution >= 4 is 62.0 Å². The van der Waals surface area contributed by atoms with Crippen LogP contribution in [0.4, 0.5) is 23.0 Å². The first-order valence-corrected chi connectivity index (χ1v) is 12.3. The summed E-state index contributed by atoms with van der Waals surface area (Å²) in [6, 6.07) is 11.8. The minimum atomic E-state index is -2.94. The zero-order valence-corrected chi connectivity index (χ0v) is 19.1. The lowest BCUT2D eigenvalue weighted by molar-refractivity contribution is 0.102. The van der Waals surface area contributed by atoms with Crippen molar-refractivity contribution in [2.24, 2.45) is 0 Å². The Morgan fingerprint density at radius 2 is 1.69 bits per heavy atom. The predicted molar refractivity (Wildman–Crippen MR) is 127 cm³/mol. The quantitative estimate of drug-likeness (QED) is 0.555. The van der Waals surface area contributed by atoms with Gasteiger partial charge in [0.1, 0.15) is 11.6 Å². The molecule has 0 radical (unpaired) electrons. The van der Waals surface area contributed by atoms with E-state index in [2.05, 4.69) is 20.6 Å². The molecule has 0 unspecified atom stereocenters. The Kier molecular flexibility index (Phi) is 6.50. The van der Waals surface area contributed by atoms with Gasteiger partial charge in [0.05, 0.1) is 39.0 Å². The Labute approximate surface area is 195 Å². The molecule has 0 aliphatic carbocycles. The van der Waals surface area contributed by atoms with E-state index in [0.29, 0.717) is 30.4 Å². The fraction of sp³-hybridized carbons (Fsp3) is 0.190. The first kappa shape index (κ1) is 22.3.